The number of nitrogens with zero attached hydrogens (tertiary/aromatic N) is 1. The summed E-state index contributed by atoms with van der Waals surface area (Å²) in [6.07, 6.45) is 1.38. The summed E-state index contributed by atoms with van der Waals surface area (Å²) in [5.74, 6) is 0.0203. The molecule has 6 nitrogen and oxygen atoms in total. The molecule has 3 rings (SSSR count). The molecule has 0 aliphatic carbocycles. The molecule has 0 atom stereocenters. The average Bonchev–Trinajstić information content (AvgIpc) is 3.26. The number of hydrogen-bond donors (Lipinski definition) is 1. The van der Waals surface area contributed by atoms with E-state index in [4.69, 9.17) is 4.74 Å². The van der Waals surface area contributed by atoms with Crippen LogP contribution in [0.3, 0.4) is 0 Å². The standard InChI is InChI=1S/C21H22N2O4S2/c1-13(2)11-23(3)21(26)27-12-14-5-4-6-15(9-14)17-8-7-16(28-17)10-18-19(24)22-20(25)29-18/h4-10,13H,11-12H2,1-3H3,(H,22,24,25). The minimum Gasteiger partial charge on any atom is -0.445 e. The van der Waals surface area contributed by atoms with E-state index in [9.17, 15) is 14.4 Å². The van der Waals surface area contributed by atoms with Gasteiger partial charge >= 0.3 is 6.09 Å². The van der Waals surface area contributed by atoms with Crippen LogP contribution in [0.25, 0.3) is 16.5 Å². The lowest BCUT2D eigenvalue weighted by molar-refractivity contribution is -0.115. The fourth-order valence-electron chi connectivity index (χ4n) is 2.83. The summed E-state index contributed by atoms with van der Waals surface area (Å²) in [6, 6.07) is 11.7. The molecule has 1 aromatic heterocycles. The zero-order valence-electron chi connectivity index (χ0n) is 16.4. The molecule has 0 radical (unpaired) electrons. The van der Waals surface area contributed by atoms with E-state index in [1.54, 1.807) is 18.0 Å². The predicted molar refractivity (Wildman–Crippen MR) is 117 cm³/mol. The van der Waals surface area contributed by atoms with Gasteiger partial charge in [0.25, 0.3) is 11.1 Å². The second kappa shape index (κ2) is 9.28. The Balaban J connectivity index is 1.66. The lowest BCUT2D eigenvalue weighted by Gasteiger charge is -2.19. The Hall–Kier alpha value is -2.58. The molecule has 0 bridgehead atoms. The Morgan fingerprint density at radius 3 is 2.72 bits per heavy atom. The Kier molecular flexibility index (Phi) is 6.76. The van der Waals surface area contributed by atoms with Crippen molar-refractivity contribution in [2.24, 2.45) is 5.92 Å². The summed E-state index contributed by atoms with van der Waals surface area (Å²) < 4.78 is 5.40. The van der Waals surface area contributed by atoms with Gasteiger partial charge in [-0.2, -0.15) is 0 Å². The molecular weight excluding hydrogens is 408 g/mol. The van der Waals surface area contributed by atoms with Crippen molar-refractivity contribution in [2.75, 3.05) is 13.6 Å². The topological polar surface area (TPSA) is 75.7 Å². The summed E-state index contributed by atoms with van der Waals surface area (Å²) in [5, 5.41) is 1.90. The van der Waals surface area contributed by atoms with Gasteiger partial charge in [-0.15, -0.1) is 11.3 Å². The molecule has 2 heterocycles. The number of hydrogen-bond acceptors (Lipinski definition) is 6. The van der Waals surface area contributed by atoms with Crippen molar-refractivity contribution in [1.82, 2.24) is 10.2 Å². The third kappa shape index (κ3) is 5.71. The van der Waals surface area contributed by atoms with Crippen molar-refractivity contribution in [2.45, 2.75) is 20.5 Å². The second-order valence-electron chi connectivity index (χ2n) is 7.08. The van der Waals surface area contributed by atoms with E-state index in [1.807, 2.05) is 50.2 Å². The highest BCUT2D eigenvalue weighted by molar-refractivity contribution is 8.18. The monoisotopic (exact) mass is 430 g/mol. The van der Waals surface area contributed by atoms with Crippen LogP contribution in [0.15, 0.2) is 41.3 Å². The number of amides is 3. The maximum absolute atomic E-state index is 12.1. The quantitative estimate of drug-likeness (QED) is 0.655. The van der Waals surface area contributed by atoms with Gasteiger partial charge in [0, 0.05) is 23.3 Å². The van der Waals surface area contributed by atoms with Crippen molar-refractivity contribution >= 4 is 46.4 Å². The molecule has 0 spiro atoms. The number of thioether (sulfide) groups is 1. The van der Waals surface area contributed by atoms with E-state index < -0.39 is 0 Å². The van der Waals surface area contributed by atoms with Gasteiger partial charge < -0.3 is 9.64 Å². The van der Waals surface area contributed by atoms with Gasteiger partial charge in [-0.25, -0.2) is 4.79 Å². The lowest BCUT2D eigenvalue weighted by atomic mass is 10.1. The first kappa shape index (κ1) is 21.1. The second-order valence-corrected chi connectivity index (χ2v) is 9.21. The summed E-state index contributed by atoms with van der Waals surface area (Å²) >= 11 is 2.43. The third-order valence-electron chi connectivity index (χ3n) is 4.07. The smallest absolute Gasteiger partial charge is 0.409 e. The van der Waals surface area contributed by atoms with Gasteiger partial charge in [0.05, 0.1) is 4.91 Å². The van der Waals surface area contributed by atoms with Gasteiger partial charge in [-0.1, -0.05) is 32.0 Å². The van der Waals surface area contributed by atoms with Gasteiger partial charge in [0.2, 0.25) is 0 Å². The number of carbonyl (C=O) groups is 3. The minimum absolute atomic E-state index is 0.205. The van der Waals surface area contributed by atoms with Gasteiger partial charge in [0.15, 0.2) is 0 Å². The van der Waals surface area contributed by atoms with E-state index in [0.29, 0.717) is 17.4 Å². The molecule has 29 heavy (non-hydrogen) atoms. The lowest BCUT2D eigenvalue weighted by Crippen LogP contribution is -2.30. The molecule has 3 amide bonds. The highest BCUT2D eigenvalue weighted by atomic mass is 32.2. The molecular formula is C21H22N2O4S2. The van der Waals surface area contributed by atoms with Gasteiger partial charge in [-0.05, 0) is 53.1 Å². The van der Waals surface area contributed by atoms with Crippen LogP contribution in [0, 0.1) is 5.92 Å². The average molecular weight is 431 g/mol. The van der Waals surface area contributed by atoms with Crippen LogP contribution in [-0.2, 0) is 16.1 Å². The molecule has 2 aromatic rings. The Morgan fingerprint density at radius 1 is 1.24 bits per heavy atom. The number of carbonyl (C=O) groups excluding carboxylic acids is 3. The highest BCUT2D eigenvalue weighted by Crippen LogP contribution is 2.32. The number of rotatable bonds is 6. The minimum atomic E-state index is -0.360. The van der Waals surface area contributed by atoms with Crippen LogP contribution >= 0.6 is 23.1 Å². The molecule has 152 valence electrons. The molecule has 1 aliphatic rings. The van der Waals surface area contributed by atoms with Crippen LogP contribution in [0.5, 0.6) is 0 Å². The van der Waals surface area contributed by atoms with E-state index in [0.717, 1.165) is 32.6 Å². The molecule has 1 aromatic carbocycles. The number of nitrogens with one attached hydrogen (secondary N) is 1. The zero-order chi connectivity index (χ0) is 21.0. The number of imide groups is 1. The fourth-order valence-corrected chi connectivity index (χ4v) is 4.52. The summed E-state index contributed by atoms with van der Waals surface area (Å²) in [5.41, 5.74) is 1.90. The maximum atomic E-state index is 12.1. The van der Waals surface area contributed by atoms with Crippen molar-refractivity contribution in [1.29, 1.82) is 0 Å². The Morgan fingerprint density at radius 2 is 2.03 bits per heavy atom. The zero-order valence-corrected chi connectivity index (χ0v) is 18.1. The van der Waals surface area contributed by atoms with Crippen LogP contribution in [-0.4, -0.2) is 35.7 Å². The molecule has 0 unspecified atom stereocenters. The number of benzene rings is 1. The van der Waals surface area contributed by atoms with Crippen LogP contribution in [0.2, 0.25) is 0 Å². The first-order chi connectivity index (χ1) is 13.8. The number of thiophene rings is 1. The first-order valence-electron chi connectivity index (χ1n) is 9.13. The van der Waals surface area contributed by atoms with E-state index in [2.05, 4.69) is 5.32 Å². The van der Waals surface area contributed by atoms with Crippen LogP contribution in [0.1, 0.15) is 24.3 Å². The summed E-state index contributed by atoms with van der Waals surface area (Å²) in [6.45, 7) is 4.95. The van der Waals surface area contributed by atoms with Crippen molar-refractivity contribution in [3.05, 3.63) is 51.7 Å². The van der Waals surface area contributed by atoms with Crippen LogP contribution < -0.4 is 5.32 Å². The normalized spacial score (nSPS) is 15.1. The molecule has 8 heteroatoms. The van der Waals surface area contributed by atoms with Crippen molar-refractivity contribution < 1.29 is 19.1 Å². The molecule has 1 N–H and O–H groups in total. The van der Waals surface area contributed by atoms with E-state index in [-0.39, 0.29) is 23.8 Å². The molecule has 1 aliphatic heterocycles. The summed E-state index contributed by atoms with van der Waals surface area (Å²) in [4.78, 5) is 38.9. The molecule has 0 saturated carbocycles. The summed E-state index contributed by atoms with van der Waals surface area (Å²) in [7, 11) is 1.73. The molecule has 1 fully saturated rings. The SMILES string of the molecule is CC(C)CN(C)C(=O)OCc1cccc(-c2ccc(C=C3SC(=O)NC3=O)s2)c1. The Bertz CT molecular complexity index is 965. The van der Waals surface area contributed by atoms with Crippen molar-refractivity contribution in [3.63, 3.8) is 0 Å². The first-order valence-corrected chi connectivity index (χ1v) is 10.8. The maximum Gasteiger partial charge on any atom is 0.409 e. The largest absolute Gasteiger partial charge is 0.445 e. The van der Waals surface area contributed by atoms with Gasteiger partial charge in [-0.3, -0.25) is 14.9 Å². The van der Waals surface area contributed by atoms with E-state index >= 15 is 0 Å². The van der Waals surface area contributed by atoms with Crippen molar-refractivity contribution in [3.8, 4) is 10.4 Å². The highest BCUT2D eigenvalue weighted by Gasteiger charge is 2.25. The third-order valence-corrected chi connectivity index (χ3v) is 5.96. The van der Waals surface area contributed by atoms with Crippen LogP contribution in [0.4, 0.5) is 9.59 Å². The predicted octanol–water partition coefficient (Wildman–Crippen LogP) is 4.96. The van der Waals surface area contributed by atoms with E-state index in [1.165, 1.54) is 11.3 Å². The Labute approximate surface area is 177 Å². The number of ether oxygens (including phenoxy) is 1. The fraction of sp³-hybridized carbons (Fsp3) is 0.286. The van der Waals surface area contributed by atoms with Gasteiger partial charge in [0.1, 0.15) is 6.61 Å². The molecule has 1 saturated heterocycles.